The molecular formula is C16H14N4O4. The van der Waals surface area contributed by atoms with Crippen molar-refractivity contribution in [2.75, 3.05) is 5.73 Å². The molecule has 2 aromatic heterocycles. The second kappa shape index (κ2) is 5.99. The molecular weight excluding hydrogens is 312 g/mol. The third-order valence-electron chi connectivity index (χ3n) is 3.42. The molecule has 2 heterocycles. The monoisotopic (exact) mass is 326 g/mol. The molecule has 0 bridgehead atoms. The molecule has 8 nitrogen and oxygen atoms in total. The molecule has 0 fully saturated rings. The minimum Gasteiger partial charge on any atom is -0.405 e. The summed E-state index contributed by atoms with van der Waals surface area (Å²) < 4.78 is 5.99. The number of anilines is 1. The van der Waals surface area contributed by atoms with E-state index in [0.717, 1.165) is 4.57 Å². The zero-order valence-electron chi connectivity index (χ0n) is 12.8. The summed E-state index contributed by atoms with van der Waals surface area (Å²) in [6.07, 6.45) is 1.44. The molecule has 122 valence electrons. The number of fused-ring (bicyclic) bond motifs is 1. The Morgan fingerprint density at radius 2 is 2.12 bits per heavy atom. The van der Waals surface area contributed by atoms with Crippen LogP contribution >= 0.6 is 0 Å². The van der Waals surface area contributed by atoms with E-state index in [1.54, 1.807) is 18.2 Å². The summed E-state index contributed by atoms with van der Waals surface area (Å²) in [4.78, 5) is 39.8. The first-order valence-corrected chi connectivity index (χ1v) is 7.11. The Balaban J connectivity index is 2.02. The SMILES string of the molecule is CC(=O)NCc1cc(C(=O)n2c(=O)oc3c(N)cccc32)ccn1. The summed E-state index contributed by atoms with van der Waals surface area (Å²) in [5.74, 6) is -1.58. The Bertz CT molecular complexity index is 1000. The molecule has 1 aromatic carbocycles. The fourth-order valence-corrected chi connectivity index (χ4v) is 2.31. The predicted octanol–water partition coefficient (Wildman–Crippen LogP) is 0.896. The topological polar surface area (TPSA) is 120 Å². The summed E-state index contributed by atoms with van der Waals surface area (Å²) in [6, 6.07) is 7.78. The van der Waals surface area contributed by atoms with Gasteiger partial charge in [0.15, 0.2) is 5.58 Å². The zero-order chi connectivity index (χ0) is 17.3. The van der Waals surface area contributed by atoms with Gasteiger partial charge in [0.1, 0.15) is 5.52 Å². The lowest BCUT2D eigenvalue weighted by atomic mass is 10.2. The van der Waals surface area contributed by atoms with E-state index in [0.29, 0.717) is 11.2 Å². The van der Waals surface area contributed by atoms with Gasteiger partial charge < -0.3 is 15.5 Å². The van der Waals surface area contributed by atoms with E-state index in [-0.39, 0.29) is 29.3 Å². The van der Waals surface area contributed by atoms with Crippen LogP contribution in [0.25, 0.3) is 11.1 Å². The fraction of sp³-hybridized carbons (Fsp3) is 0.125. The minimum atomic E-state index is -0.812. The van der Waals surface area contributed by atoms with Gasteiger partial charge in [0.2, 0.25) is 5.91 Å². The number of aromatic nitrogens is 2. The smallest absolute Gasteiger partial charge is 0.405 e. The van der Waals surface area contributed by atoms with Crippen LogP contribution in [0.4, 0.5) is 5.69 Å². The summed E-state index contributed by atoms with van der Waals surface area (Å²) in [7, 11) is 0. The number of benzene rings is 1. The van der Waals surface area contributed by atoms with Gasteiger partial charge >= 0.3 is 5.76 Å². The number of para-hydroxylation sites is 1. The lowest BCUT2D eigenvalue weighted by molar-refractivity contribution is -0.119. The number of carbonyl (C=O) groups is 2. The van der Waals surface area contributed by atoms with Crippen molar-refractivity contribution in [3.05, 3.63) is 58.3 Å². The Morgan fingerprint density at radius 1 is 1.33 bits per heavy atom. The minimum absolute atomic E-state index is 0.170. The van der Waals surface area contributed by atoms with Gasteiger partial charge in [-0.1, -0.05) is 6.07 Å². The van der Waals surface area contributed by atoms with Crippen molar-refractivity contribution in [2.45, 2.75) is 13.5 Å². The van der Waals surface area contributed by atoms with Crippen molar-refractivity contribution >= 4 is 28.6 Å². The normalized spacial score (nSPS) is 10.7. The Morgan fingerprint density at radius 3 is 2.88 bits per heavy atom. The summed E-state index contributed by atoms with van der Waals surface area (Å²) >= 11 is 0. The number of amides is 1. The number of nitrogens with zero attached hydrogens (tertiary/aromatic N) is 2. The van der Waals surface area contributed by atoms with Crippen LogP contribution in [0, 0.1) is 0 Å². The van der Waals surface area contributed by atoms with Crippen LogP contribution in [0.15, 0.2) is 45.7 Å². The highest BCUT2D eigenvalue weighted by atomic mass is 16.4. The maximum absolute atomic E-state index is 12.7. The molecule has 3 N–H and O–H groups in total. The van der Waals surface area contributed by atoms with Crippen molar-refractivity contribution in [1.29, 1.82) is 0 Å². The van der Waals surface area contributed by atoms with Gasteiger partial charge in [-0.2, -0.15) is 0 Å². The van der Waals surface area contributed by atoms with Crippen LogP contribution in [-0.2, 0) is 11.3 Å². The number of nitrogen functional groups attached to an aromatic ring is 1. The number of hydrogen-bond acceptors (Lipinski definition) is 6. The number of pyridine rings is 1. The highest BCUT2D eigenvalue weighted by Crippen LogP contribution is 2.20. The van der Waals surface area contributed by atoms with Crippen LogP contribution in [0.5, 0.6) is 0 Å². The van der Waals surface area contributed by atoms with Gasteiger partial charge in [0, 0.05) is 18.7 Å². The molecule has 0 aliphatic carbocycles. The Kier molecular flexibility index (Phi) is 3.87. The number of rotatable bonds is 3. The average Bonchev–Trinajstić information content (AvgIpc) is 2.90. The number of nitrogens with one attached hydrogen (secondary N) is 1. The van der Waals surface area contributed by atoms with Crippen LogP contribution in [0.1, 0.15) is 23.0 Å². The van der Waals surface area contributed by atoms with Gasteiger partial charge in [-0.15, -0.1) is 0 Å². The molecule has 3 rings (SSSR count). The number of oxazole rings is 1. The van der Waals surface area contributed by atoms with Gasteiger partial charge in [0.25, 0.3) is 5.91 Å². The predicted molar refractivity (Wildman–Crippen MR) is 86.4 cm³/mol. The van der Waals surface area contributed by atoms with Crippen LogP contribution in [0.2, 0.25) is 0 Å². The molecule has 1 amide bonds. The second-order valence-electron chi connectivity index (χ2n) is 5.15. The molecule has 0 spiro atoms. The molecule has 3 aromatic rings. The summed E-state index contributed by atoms with van der Waals surface area (Å²) in [6.45, 7) is 1.57. The molecule has 24 heavy (non-hydrogen) atoms. The Hall–Kier alpha value is -3.42. The molecule has 0 saturated carbocycles. The highest BCUT2D eigenvalue weighted by Gasteiger charge is 2.19. The summed E-state index contributed by atoms with van der Waals surface area (Å²) in [5, 5.41) is 2.59. The number of hydrogen-bond donors (Lipinski definition) is 2. The van der Waals surface area contributed by atoms with Crippen molar-refractivity contribution in [1.82, 2.24) is 14.9 Å². The van der Waals surface area contributed by atoms with Crippen LogP contribution in [-0.4, -0.2) is 21.4 Å². The van der Waals surface area contributed by atoms with Crippen molar-refractivity contribution < 1.29 is 14.0 Å². The molecule has 0 unspecified atom stereocenters. The third kappa shape index (κ3) is 2.76. The second-order valence-corrected chi connectivity index (χ2v) is 5.15. The maximum atomic E-state index is 12.7. The van der Waals surface area contributed by atoms with Crippen molar-refractivity contribution in [3.63, 3.8) is 0 Å². The van der Waals surface area contributed by atoms with E-state index in [4.69, 9.17) is 10.2 Å². The van der Waals surface area contributed by atoms with E-state index in [9.17, 15) is 14.4 Å². The van der Waals surface area contributed by atoms with E-state index in [1.165, 1.54) is 25.3 Å². The first kappa shape index (κ1) is 15.5. The van der Waals surface area contributed by atoms with E-state index < -0.39 is 11.7 Å². The number of nitrogens with two attached hydrogens (primary N) is 1. The van der Waals surface area contributed by atoms with Gasteiger partial charge in [-0.25, -0.2) is 9.36 Å². The molecule has 0 radical (unpaired) electrons. The standard InChI is InChI=1S/C16H14N4O4/c1-9(21)19-8-11-7-10(5-6-18-11)15(22)20-13-4-2-3-12(17)14(13)24-16(20)23/h2-7H,8,17H2,1H3,(H,19,21). The molecule has 8 heteroatoms. The van der Waals surface area contributed by atoms with Gasteiger partial charge in [-0.3, -0.25) is 14.6 Å². The van der Waals surface area contributed by atoms with E-state index in [2.05, 4.69) is 10.3 Å². The van der Waals surface area contributed by atoms with Crippen LogP contribution in [0.3, 0.4) is 0 Å². The fourth-order valence-electron chi connectivity index (χ4n) is 2.31. The molecule has 0 atom stereocenters. The molecule has 0 aliphatic rings. The Labute approximate surface area is 135 Å². The van der Waals surface area contributed by atoms with E-state index in [1.807, 2.05) is 0 Å². The van der Waals surface area contributed by atoms with Crippen molar-refractivity contribution in [3.8, 4) is 0 Å². The van der Waals surface area contributed by atoms with E-state index >= 15 is 0 Å². The van der Waals surface area contributed by atoms with Gasteiger partial charge in [0.05, 0.1) is 17.9 Å². The number of carbonyl (C=O) groups excluding carboxylic acids is 2. The van der Waals surface area contributed by atoms with Crippen molar-refractivity contribution in [2.24, 2.45) is 0 Å². The van der Waals surface area contributed by atoms with Gasteiger partial charge in [-0.05, 0) is 24.3 Å². The third-order valence-corrected chi connectivity index (χ3v) is 3.42. The summed E-state index contributed by atoms with van der Waals surface area (Å²) in [5.41, 5.74) is 7.25. The van der Waals surface area contributed by atoms with Crippen LogP contribution < -0.4 is 16.8 Å². The lowest BCUT2D eigenvalue weighted by Crippen LogP contribution is -2.24. The molecule has 0 aliphatic heterocycles. The lowest BCUT2D eigenvalue weighted by Gasteiger charge is -2.05. The zero-order valence-corrected chi connectivity index (χ0v) is 12.8. The quantitative estimate of drug-likeness (QED) is 0.690. The molecule has 0 saturated heterocycles. The first-order valence-electron chi connectivity index (χ1n) is 7.11. The average molecular weight is 326 g/mol. The highest BCUT2D eigenvalue weighted by molar-refractivity contribution is 6.02. The largest absolute Gasteiger partial charge is 0.427 e. The first-order chi connectivity index (χ1) is 11.5. The maximum Gasteiger partial charge on any atom is 0.427 e.